The normalized spacial score (nSPS) is 14.4. The lowest BCUT2D eigenvalue weighted by molar-refractivity contribution is 0.0491. The largest absolute Gasteiger partial charge is 0.493 e. The molecule has 2 aromatic carbocycles. The Morgan fingerprint density at radius 2 is 1.88 bits per heavy atom. The Morgan fingerprint density at radius 3 is 2.70 bits per heavy atom. The molecule has 1 aliphatic heterocycles. The third kappa shape index (κ3) is 5.93. The fourth-order valence-electron chi connectivity index (χ4n) is 3.93. The minimum atomic E-state index is -0.388. The molecule has 33 heavy (non-hydrogen) atoms. The molecule has 3 aromatic rings. The van der Waals surface area contributed by atoms with Gasteiger partial charge in [0.2, 0.25) is 0 Å². The zero-order valence-electron chi connectivity index (χ0n) is 19.4. The summed E-state index contributed by atoms with van der Waals surface area (Å²) < 4.78 is 37.6. The summed E-state index contributed by atoms with van der Waals surface area (Å²) >= 11 is 0. The predicted octanol–water partition coefficient (Wildman–Crippen LogP) is 6.25. The Bertz CT molecular complexity index is 1070. The fraction of sp³-hybridized carbons (Fsp3) is 0.444. The van der Waals surface area contributed by atoms with E-state index >= 15 is 0 Å². The quantitative estimate of drug-likeness (QED) is 0.340. The van der Waals surface area contributed by atoms with Crippen LogP contribution >= 0.6 is 0 Å². The summed E-state index contributed by atoms with van der Waals surface area (Å²) in [5.41, 5.74) is 2.63. The maximum absolute atomic E-state index is 14.3. The van der Waals surface area contributed by atoms with E-state index < -0.39 is 0 Å². The van der Waals surface area contributed by atoms with Gasteiger partial charge in [-0.15, -0.1) is 0 Å². The molecule has 0 spiro atoms. The average Bonchev–Trinajstić information content (AvgIpc) is 2.85. The predicted molar refractivity (Wildman–Crippen MR) is 127 cm³/mol. The van der Waals surface area contributed by atoms with Crippen LogP contribution in [0.5, 0.6) is 17.2 Å². The summed E-state index contributed by atoms with van der Waals surface area (Å²) in [6, 6.07) is 12.6. The van der Waals surface area contributed by atoms with Gasteiger partial charge < -0.3 is 18.9 Å². The first-order chi connectivity index (χ1) is 16.2. The van der Waals surface area contributed by atoms with Crippen molar-refractivity contribution in [2.75, 3.05) is 26.4 Å². The Hall–Kier alpha value is -2.86. The Labute approximate surface area is 194 Å². The SMILES string of the molecule is CCCCOc1c(C)c(COc2ccc(F)c(OCC3CCOCC3)c2)nc2ccccc12. The van der Waals surface area contributed by atoms with Crippen LogP contribution in [0, 0.1) is 18.7 Å². The maximum atomic E-state index is 14.3. The first kappa shape index (κ1) is 23.3. The van der Waals surface area contributed by atoms with Gasteiger partial charge in [-0.05, 0) is 56.4 Å². The number of hydrogen-bond donors (Lipinski definition) is 0. The van der Waals surface area contributed by atoms with Crippen LogP contribution < -0.4 is 14.2 Å². The minimum absolute atomic E-state index is 0.214. The molecule has 0 N–H and O–H groups in total. The van der Waals surface area contributed by atoms with Crippen LogP contribution in [0.15, 0.2) is 42.5 Å². The standard InChI is InChI=1S/C27H32FNO4/c1-3-4-13-31-27-19(2)25(29-24-8-6-5-7-22(24)27)18-32-21-9-10-23(28)26(16-21)33-17-20-11-14-30-15-12-20/h5-10,16,20H,3-4,11-15,17-18H2,1-2H3. The molecule has 0 amide bonds. The molecule has 0 aliphatic carbocycles. The van der Waals surface area contributed by atoms with Crippen LogP contribution in [0.3, 0.4) is 0 Å². The van der Waals surface area contributed by atoms with Crippen molar-refractivity contribution >= 4 is 10.9 Å². The van der Waals surface area contributed by atoms with Gasteiger partial charge in [0.1, 0.15) is 18.1 Å². The second kappa shape index (κ2) is 11.3. The highest BCUT2D eigenvalue weighted by Gasteiger charge is 2.17. The van der Waals surface area contributed by atoms with E-state index in [1.165, 1.54) is 6.07 Å². The number of aromatic nitrogens is 1. The third-order valence-corrected chi connectivity index (χ3v) is 6.02. The molecular weight excluding hydrogens is 421 g/mol. The highest BCUT2D eigenvalue weighted by atomic mass is 19.1. The summed E-state index contributed by atoms with van der Waals surface area (Å²) in [5, 5.41) is 1.00. The van der Waals surface area contributed by atoms with Crippen LogP contribution in [0.4, 0.5) is 4.39 Å². The van der Waals surface area contributed by atoms with Gasteiger partial charge in [0.15, 0.2) is 11.6 Å². The van der Waals surface area contributed by atoms with Crippen LogP contribution in [0.1, 0.15) is 43.9 Å². The first-order valence-corrected chi connectivity index (χ1v) is 11.8. The number of benzene rings is 2. The van der Waals surface area contributed by atoms with E-state index in [1.807, 2.05) is 31.2 Å². The molecule has 0 bridgehead atoms. The highest BCUT2D eigenvalue weighted by Crippen LogP contribution is 2.32. The van der Waals surface area contributed by atoms with Gasteiger partial charge in [-0.1, -0.05) is 25.5 Å². The molecule has 0 unspecified atom stereocenters. The zero-order chi connectivity index (χ0) is 23.0. The molecule has 2 heterocycles. The fourth-order valence-corrected chi connectivity index (χ4v) is 3.93. The number of ether oxygens (including phenoxy) is 4. The first-order valence-electron chi connectivity index (χ1n) is 11.8. The lowest BCUT2D eigenvalue weighted by atomic mass is 10.0. The highest BCUT2D eigenvalue weighted by molar-refractivity contribution is 5.86. The van der Waals surface area contributed by atoms with Crippen molar-refractivity contribution in [3.8, 4) is 17.2 Å². The van der Waals surface area contributed by atoms with Crippen molar-refractivity contribution in [2.45, 2.75) is 46.1 Å². The summed E-state index contributed by atoms with van der Waals surface area (Å²) in [4.78, 5) is 4.79. The van der Waals surface area contributed by atoms with E-state index in [0.717, 1.165) is 66.8 Å². The van der Waals surface area contributed by atoms with Crippen LogP contribution in [-0.2, 0) is 11.3 Å². The molecule has 1 aromatic heterocycles. The summed E-state index contributed by atoms with van der Waals surface area (Å²) in [6.07, 6.45) is 3.94. The molecule has 1 fully saturated rings. The van der Waals surface area contributed by atoms with Crippen molar-refractivity contribution in [1.82, 2.24) is 4.98 Å². The zero-order valence-corrected chi connectivity index (χ0v) is 19.4. The van der Waals surface area contributed by atoms with E-state index in [1.54, 1.807) is 12.1 Å². The van der Waals surface area contributed by atoms with Crippen LogP contribution in [0.2, 0.25) is 0 Å². The van der Waals surface area contributed by atoms with Crippen molar-refractivity contribution < 1.29 is 23.3 Å². The van der Waals surface area contributed by atoms with Crippen molar-refractivity contribution in [3.63, 3.8) is 0 Å². The Morgan fingerprint density at radius 1 is 1.06 bits per heavy atom. The molecular formula is C27H32FNO4. The van der Waals surface area contributed by atoms with Gasteiger partial charge in [0, 0.05) is 30.2 Å². The Kier molecular flexibility index (Phi) is 8.00. The topological polar surface area (TPSA) is 49.8 Å². The lowest BCUT2D eigenvalue weighted by Crippen LogP contribution is -2.21. The summed E-state index contributed by atoms with van der Waals surface area (Å²) in [6.45, 7) is 7.03. The van der Waals surface area contributed by atoms with E-state index in [4.69, 9.17) is 23.9 Å². The second-order valence-corrected chi connectivity index (χ2v) is 8.48. The van der Waals surface area contributed by atoms with Crippen molar-refractivity contribution in [1.29, 1.82) is 0 Å². The molecule has 1 aliphatic rings. The van der Waals surface area contributed by atoms with Gasteiger partial charge in [-0.3, -0.25) is 0 Å². The molecule has 0 radical (unpaired) electrons. The van der Waals surface area contributed by atoms with Gasteiger partial charge in [0.25, 0.3) is 0 Å². The van der Waals surface area contributed by atoms with Gasteiger partial charge in [-0.2, -0.15) is 0 Å². The lowest BCUT2D eigenvalue weighted by Gasteiger charge is -2.22. The summed E-state index contributed by atoms with van der Waals surface area (Å²) in [5.74, 6) is 1.61. The second-order valence-electron chi connectivity index (χ2n) is 8.48. The van der Waals surface area contributed by atoms with Gasteiger partial charge in [0.05, 0.1) is 24.4 Å². The van der Waals surface area contributed by atoms with Gasteiger partial charge in [-0.25, -0.2) is 9.37 Å². The monoisotopic (exact) mass is 453 g/mol. The molecule has 0 atom stereocenters. The maximum Gasteiger partial charge on any atom is 0.165 e. The smallest absolute Gasteiger partial charge is 0.165 e. The molecule has 176 valence electrons. The van der Waals surface area contributed by atoms with Gasteiger partial charge >= 0.3 is 0 Å². The molecule has 0 saturated carbocycles. The number of nitrogens with zero attached hydrogens (tertiary/aromatic N) is 1. The number of unbranched alkanes of at least 4 members (excludes halogenated alkanes) is 1. The Balaban J connectivity index is 1.48. The number of fused-ring (bicyclic) bond motifs is 1. The number of halogens is 1. The third-order valence-electron chi connectivity index (χ3n) is 6.02. The number of hydrogen-bond acceptors (Lipinski definition) is 5. The summed E-state index contributed by atoms with van der Waals surface area (Å²) in [7, 11) is 0. The molecule has 5 nitrogen and oxygen atoms in total. The molecule has 6 heteroatoms. The van der Waals surface area contributed by atoms with E-state index in [-0.39, 0.29) is 18.2 Å². The van der Waals surface area contributed by atoms with E-state index in [0.29, 0.717) is 24.9 Å². The van der Waals surface area contributed by atoms with E-state index in [9.17, 15) is 4.39 Å². The van der Waals surface area contributed by atoms with Crippen molar-refractivity contribution in [3.05, 3.63) is 59.5 Å². The number of para-hydroxylation sites is 1. The minimum Gasteiger partial charge on any atom is -0.493 e. The van der Waals surface area contributed by atoms with Crippen molar-refractivity contribution in [2.24, 2.45) is 5.92 Å². The number of pyridine rings is 1. The molecule has 1 saturated heterocycles. The van der Waals surface area contributed by atoms with E-state index in [2.05, 4.69) is 6.92 Å². The number of rotatable bonds is 10. The van der Waals surface area contributed by atoms with Crippen LogP contribution in [-0.4, -0.2) is 31.4 Å². The van der Waals surface area contributed by atoms with Crippen LogP contribution in [0.25, 0.3) is 10.9 Å². The average molecular weight is 454 g/mol. The molecule has 4 rings (SSSR count).